The number of amides is 1. The molecule has 0 bridgehead atoms. The van der Waals surface area contributed by atoms with Crippen LogP contribution in [0.15, 0.2) is 59.5 Å². The Hall–Kier alpha value is -2.90. The van der Waals surface area contributed by atoms with Crippen LogP contribution in [-0.2, 0) is 14.8 Å². The number of ether oxygens (including phenoxy) is 1. The molecular weight excluding hydrogens is 376 g/mol. The number of benzene rings is 3. The summed E-state index contributed by atoms with van der Waals surface area (Å²) in [6.07, 6.45) is 0. The van der Waals surface area contributed by atoms with Gasteiger partial charge in [0.25, 0.3) is 0 Å². The van der Waals surface area contributed by atoms with Crippen molar-refractivity contribution in [3.63, 3.8) is 0 Å². The number of primary sulfonamides is 1. The number of anilines is 1. The molecular formula is C21H22N2O4S. The van der Waals surface area contributed by atoms with Gasteiger partial charge in [0.15, 0.2) is 0 Å². The Balaban J connectivity index is 1.84. The summed E-state index contributed by atoms with van der Waals surface area (Å²) in [6.45, 7) is 3.45. The Bertz CT molecular complexity index is 1160. The van der Waals surface area contributed by atoms with E-state index < -0.39 is 15.9 Å². The fraction of sp³-hybridized carbons (Fsp3) is 0.190. The molecule has 0 saturated heterocycles. The Morgan fingerprint density at radius 1 is 1.04 bits per heavy atom. The van der Waals surface area contributed by atoms with Crippen molar-refractivity contribution in [1.29, 1.82) is 0 Å². The van der Waals surface area contributed by atoms with Gasteiger partial charge < -0.3 is 10.1 Å². The minimum absolute atomic E-state index is 0.00222. The van der Waals surface area contributed by atoms with Crippen LogP contribution >= 0.6 is 0 Å². The SMILES string of the molecule is COc1ccc2cc([C@H](C)C(=O)Nc3ccc(C)c(S(N)(=O)=O)c3)ccc2c1. The molecule has 0 heterocycles. The zero-order chi connectivity index (χ0) is 20.5. The number of hydrogen-bond acceptors (Lipinski definition) is 4. The maximum absolute atomic E-state index is 12.7. The van der Waals surface area contributed by atoms with Crippen molar-refractivity contribution in [1.82, 2.24) is 0 Å². The maximum Gasteiger partial charge on any atom is 0.238 e. The van der Waals surface area contributed by atoms with Gasteiger partial charge in [-0.25, -0.2) is 13.6 Å². The number of carbonyl (C=O) groups is 1. The molecule has 1 atom stereocenters. The molecule has 0 spiro atoms. The largest absolute Gasteiger partial charge is 0.497 e. The number of sulfonamides is 1. The first-order chi connectivity index (χ1) is 13.2. The predicted octanol–water partition coefficient (Wildman–Crippen LogP) is 3.55. The van der Waals surface area contributed by atoms with E-state index in [-0.39, 0.29) is 10.8 Å². The molecule has 3 N–H and O–H groups in total. The van der Waals surface area contributed by atoms with Crippen molar-refractivity contribution in [3.05, 3.63) is 65.7 Å². The van der Waals surface area contributed by atoms with E-state index in [1.54, 1.807) is 33.1 Å². The van der Waals surface area contributed by atoms with Gasteiger partial charge in [-0.05, 0) is 60.0 Å². The molecule has 0 radical (unpaired) electrons. The summed E-state index contributed by atoms with van der Waals surface area (Å²) >= 11 is 0. The van der Waals surface area contributed by atoms with Crippen LogP contribution in [0.1, 0.15) is 24.0 Å². The van der Waals surface area contributed by atoms with Crippen LogP contribution in [0, 0.1) is 6.92 Å². The van der Waals surface area contributed by atoms with Crippen molar-refractivity contribution in [2.24, 2.45) is 5.14 Å². The molecule has 0 fully saturated rings. The van der Waals surface area contributed by atoms with Crippen LogP contribution in [0.25, 0.3) is 10.8 Å². The van der Waals surface area contributed by atoms with Crippen molar-refractivity contribution in [2.75, 3.05) is 12.4 Å². The number of aryl methyl sites for hydroxylation is 1. The van der Waals surface area contributed by atoms with E-state index in [1.165, 1.54) is 6.07 Å². The van der Waals surface area contributed by atoms with Gasteiger partial charge in [0.1, 0.15) is 5.75 Å². The number of methoxy groups -OCH3 is 1. The molecule has 0 aliphatic carbocycles. The second-order valence-corrected chi connectivity index (χ2v) is 8.24. The highest BCUT2D eigenvalue weighted by molar-refractivity contribution is 7.89. The minimum atomic E-state index is -3.86. The second-order valence-electron chi connectivity index (χ2n) is 6.71. The Kier molecular flexibility index (Phi) is 5.40. The first kappa shape index (κ1) is 19.9. The zero-order valence-electron chi connectivity index (χ0n) is 15.9. The Morgan fingerprint density at radius 3 is 2.39 bits per heavy atom. The van der Waals surface area contributed by atoms with E-state index in [9.17, 15) is 13.2 Å². The lowest BCUT2D eigenvalue weighted by molar-refractivity contribution is -0.117. The van der Waals surface area contributed by atoms with Gasteiger partial charge in [0, 0.05) is 5.69 Å². The summed E-state index contributed by atoms with van der Waals surface area (Å²) in [5, 5.41) is 10.0. The van der Waals surface area contributed by atoms with Gasteiger partial charge in [-0.1, -0.05) is 30.3 Å². The lowest BCUT2D eigenvalue weighted by Crippen LogP contribution is -2.20. The topological polar surface area (TPSA) is 98.5 Å². The Morgan fingerprint density at radius 2 is 1.71 bits per heavy atom. The van der Waals surface area contributed by atoms with Gasteiger partial charge in [-0.2, -0.15) is 0 Å². The van der Waals surface area contributed by atoms with Gasteiger partial charge in [-0.3, -0.25) is 4.79 Å². The molecule has 0 aromatic heterocycles. The molecule has 6 nitrogen and oxygen atoms in total. The Labute approximate surface area is 164 Å². The fourth-order valence-corrected chi connectivity index (χ4v) is 3.83. The quantitative estimate of drug-likeness (QED) is 0.687. The summed E-state index contributed by atoms with van der Waals surface area (Å²) in [5.41, 5.74) is 1.77. The summed E-state index contributed by atoms with van der Waals surface area (Å²) in [6, 6.07) is 16.2. The van der Waals surface area contributed by atoms with Crippen LogP contribution < -0.4 is 15.2 Å². The molecule has 0 aliphatic heterocycles. The average Bonchev–Trinajstić information content (AvgIpc) is 2.67. The first-order valence-corrected chi connectivity index (χ1v) is 10.3. The highest BCUT2D eigenvalue weighted by atomic mass is 32.2. The standard InChI is InChI=1S/C21H22N2O4S/c1-13-4-8-18(12-20(13)28(22,25)26)23-21(24)14(2)15-5-6-17-11-19(27-3)9-7-16(17)10-15/h4-12,14H,1-3H3,(H,23,24)(H2,22,25,26)/t14-/m0/s1. The van der Waals surface area contributed by atoms with Crippen molar-refractivity contribution in [3.8, 4) is 5.75 Å². The van der Waals surface area contributed by atoms with Crippen molar-refractivity contribution in [2.45, 2.75) is 24.7 Å². The van der Waals surface area contributed by atoms with E-state index in [4.69, 9.17) is 9.88 Å². The predicted molar refractivity (Wildman–Crippen MR) is 110 cm³/mol. The molecule has 0 saturated carbocycles. The van der Waals surface area contributed by atoms with E-state index in [0.29, 0.717) is 11.3 Å². The third-order valence-electron chi connectivity index (χ3n) is 4.73. The molecule has 0 aliphatic rings. The lowest BCUT2D eigenvalue weighted by Gasteiger charge is -2.15. The first-order valence-electron chi connectivity index (χ1n) is 8.71. The number of fused-ring (bicyclic) bond motifs is 1. The molecule has 3 rings (SSSR count). The van der Waals surface area contributed by atoms with Crippen LogP contribution in [-0.4, -0.2) is 21.4 Å². The normalized spacial score (nSPS) is 12.6. The monoisotopic (exact) mass is 398 g/mol. The maximum atomic E-state index is 12.7. The highest BCUT2D eigenvalue weighted by Crippen LogP contribution is 2.26. The lowest BCUT2D eigenvalue weighted by atomic mass is 9.97. The van der Waals surface area contributed by atoms with Gasteiger partial charge in [0.2, 0.25) is 15.9 Å². The van der Waals surface area contributed by atoms with Crippen molar-refractivity contribution < 1.29 is 17.9 Å². The summed E-state index contributed by atoms with van der Waals surface area (Å²) in [4.78, 5) is 12.7. The van der Waals surface area contributed by atoms with E-state index in [0.717, 1.165) is 22.1 Å². The van der Waals surface area contributed by atoms with Crippen molar-refractivity contribution >= 4 is 32.4 Å². The van der Waals surface area contributed by atoms with Crippen LogP contribution in [0.5, 0.6) is 5.75 Å². The van der Waals surface area contributed by atoms with Gasteiger partial charge >= 0.3 is 0 Å². The highest BCUT2D eigenvalue weighted by Gasteiger charge is 2.18. The second kappa shape index (κ2) is 7.61. The molecule has 28 heavy (non-hydrogen) atoms. The minimum Gasteiger partial charge on any atom is -0.497 e. The summed E-state index contributed by atoms with van der Waals surface area (Å²) in [7, 11) is -2.24. The number of carbonyl (C=O) groups excluding carboxylic acids is 1. The summed E-state index contributed by atoms with van der Waals surface area (Å²) in [5.74, 6) is 0.110. The van der Waals surface area contributed by atoms with E-state index >= 15 is 0 Å². The van der Waals surface area contributed by atoms with Gasteiger partial charge in [0.05, 0.1) is 17.9 Å². The number of nitrogens with one attached hydrogen (secondary N) is 1. The fourth-order valence-electron chi connectivity index (χ4n) is 3.02. The molecule has 146 valence electrons. The zero-order valence-corrected chi connectivity index (χ0v) is 16.7. The van der Waals surface area contributed by atoms with E-state index in [2.05, 4.69) is 5.32 Å². The number of rotatable bonds is 5. The van der Waals surface area contributed by atoms with Crippen LogP contribution in [0.4, 0.5) is 5.69 Å². The summed E-state index contributed by atoms with van der Waals surface area (Å²) < 4.78 is 28.6. The third kappa shape index (κ3) is 4.16. The smallest absolute Gasteiger partial charge is 0.238 e. The molecule has 3 aromatic carbocycles. The van der Waals surface area contributed by atoms with Crippen LogP contribution in [0.3, 0.4) is 0 Å². The number of hydrogen-bond donors (Lipinski definition) is 2. The molecule has 1 amide bonds. The number of nitrogens with two attached hydrogens (primary N) is 1. The average molecular weight is 398 g/mol. The molecule has 3 aromatic rings. The van der Waals surface area contributed by atoms with E-state index in [1.807, 2.05) is 36.4 Å². The third-order valence-corrected chi connectivity index (χ3v) is 5.78. The molecule has 0 unspecified atom stereocenters. The van der Waals surface area contributed by atoms with Gasteiger partial charge in [-0.15, -0.1) is 0 Å². The van der Waals surface area contributed by atoms with Crippen LogP contribution in [0.2, 0.25) is 0 Å². The molecule has 7 heteroatoms.